The van der Waals surface area contributed by atoms with E-state index < -0.39 is 17.9 Å². The van der Waals surface area contributed by atoms with E-state index in [9.17, 15) is 19.1 Å². The highest BCUT2D eigenvalue weighted by molar-refractivity contribution is 6.33. The van der Waals surface area contributed by atoms with Gasteiger partial charge < -0.3 is 14.7 Å². The third-order valence-electron chi connectivity index (χ3n) is 7.00. The molecule has 2 heterocycles. The molecule has 1 N–H and O–H groups in total. The lowest BCUT2D eigenvalue weighted by Crippen LogP contribution is -2.47. The summed E-state index contributed by atoms with van der Waals surface area (Å²) < 4.78 is 19.4. The van der Waals surface area contributed by atoms with E-state index in [4.69, 9.17) is 16.3 Å². The van der Waals surface area contributed by atoms with Crippen LogP contribution < -0.4 is 4.74 Å². The average Bonchev–Trinajstić information content (AvgIpc) is 3.51. The number of likely N-dealkylation sites (tertiary alicyclic amines) is 1. The second-order valence-electron chi connectivity index (χ2n) is 9.24. The van der Waals surface area contributed by atoms with Gasteiger partial charge in [0.1, 0.15) is 11.6 Å². The smallest absolute Gasteiger partial charge is 0.307 e. The minimum Gasteiger partial charge on any atom is -0.481 e. The van der Waals surface area contributed by atoms with Gasteiger partial charge in [-0.05, 0) is 68.1 Å². The molecule has 34 heavy (non-hydrogen) atoms. The van der Waals surface area contributed by atoms with Crippen molar-refractivity contribution in [1.82, 2.24) is 9.88 Å². The summed E-state index contributed by atoms with van der Waals surface area (Å²) >= 11 is 6.26. The molecule has 2 aliphatic rings. The van der Waals surface area contributed by atoms with Crippen molar-refractivity contribution in [2.45, 2.75) is 32.3 Å². The van der Waals surface area contributed by atoms with Crippen LogP contribution in [0.25, 0.3) is 22.0 Å². The molecule has 3 atom stereocenters. The number of carboxylic acids is 1. The number of carboxylic acid groups (broad SMARTS) is 1. The van der Waals surface area contributed by atoms with Gasteiger partial charge in [0.15, 0.2) is 6.10 Å². The Morgan fingerprint density at radius 3 is 2.79 bits per heavy atom. The fraction of sp³-hybridized carbons (Fsp3) is 0.346. The summed E-state index contributed by atoms with van der Waals surface area (Å²) in [6, 6.07) is 11.5. The normalized spacial score (nSPS) is 22.6. The number of ether oxygens (including phenoxy) is 1. The number of pyridine rings is 1. The predicted molar refractivity (Wildman–Crippen MR) is 126 cm³/mol. The SMILES string of the molecule is C[C@@H](Oc1ccc2c(-c3ccc(F)cc3Cl)ccnc2c1)C(=O)N1CCCC2(CC2C(=O)O)C1. The largest absolute Gasteiger partial charge is 0.481 e. The van der Waals surface area contributed by atoms with Crippen molar-refractivity contribution in [2.75, 3.05) is 13.1 Å². The molecule has 8 heteroatoms. The summed E-state index contributed by atoms with van der Waals surface area (Å²) in [6.45, 7) is 2.79. The highest BCUT2D eigenvalue weighted by Crippen LogP contribution is 2.58. The first-order chi connectivity index (χ1) is 16.3. The van der Waals surface area contributed by atoms with Crippen LogP contribution in [0.3, 0.4) is 0 Å². The Morgan fingerprint density at radius 1 is 1.24 bits per heavy atom. The minimum absolute atomic E-state index is 0.144. The van der Waals surface area contributed by atoms with Crippen LogP contribution in [-0.4, -0.2) is 46.1 Å². The minimum atomic E-state index is -0.774. The van der Waals surface area contributed by atoms with E-state index in [0.29, 0.717) is 41.4 Å². The molecule has 3 aromatic rings. The maximum atomic E-state index is 13.5. The maximum absolute atomic E-state index is 13.5. The van der Waals surface area contributed by atoms with Crippen molar-refractivity contribution in [2.24, 2.45) is 11.3 Å². The van der Waals surface area contributed by atoms with E-state index in [-0.39, 0.29) is 17.2 Å². The van der Waals surface area contributed by atoms with E-state index >= 15 is 0 Å². The van der Waals surface area contributed by atoms with Crippen LogP contribution in [0, 0.1) is 17.2 Å². The predicted octanol–water partition coefficient (Wildman–Crippen LogP) is 5.17. The van der Waals surface area contributed by atoms with Crippen LogP contribution in [0.4, 0.5) is 4.39 Å². The summed E-state index contributed by atoms with van der Waals surface area (Å²) in [4.78, 5) is 30.6. The number of rotatable bonds is 5. The third-order valence-corrected chi connectivity index (χ3v) is 7.32. The van der Waals surface area contributed by atoms with Crippen LogP contribution in [0.15, 0.2) is 48.7 Å². The summed E-state index contributed by atoms with van der Waals surface area (Å²) in [5, 5.41) is 10.5. The van der Waals surface area contributed by atoms with Gasteiger partial charge in [0, 0.05) is 41.7 Å². The molecule has 1 saturated carbocycles. The lowest BCUT2D eigenvalue weighted by atomic mass is 9.92. The second-order valence-corrected chi connectivity index (χ2v) is 9.65. The molecule has 6 nitrogen and oxygen atoms in total. The van der Waals surface area contributed by atoms with Gasteiger partial charge in [-0.25, -0.2) is 4.39 Å². The molecule has 1 spiro atoms. The van der Waals surface area contributed by atoms with Crippen molar-refractivity contribution in [3.05, 3.63) is 59.5 Å². The van der Waals surface area contributed by atoms with E-state index in [2.05, 4.69) is 4.98 Å². The van der Waals surface area contributed by atoms with E-state index in [1.807, 2.05) is 12.1 Å². The van der Waals surface area contributed by atoms with Crippen molar-refractivity contribution in [3.63, 3.8) is 0 Å². The first-order valence-corrected chi connectivity index (χ1v) is 11.7. The highest BCUT2D eigenvalue weighted by atomic mass is 35.5. The molecule has 2 fully saturated rings. The number of aromatic nitrogens is 1. The van der Waals surface area contributed by atoms with Gasteiger partial charge in [-0.2, -0.15) is 0 Å². The Balaban J connectivity index is 1.33. The molecular weight excluding hydrogens is 459 g/mol. The number of hydrogen-bond acceptors (Lipinski definition) is 4. The van der Waals surface area contributed by atoms with Crippen molar-refractivity contribution in [1.29, 1.82) is 0 Å². The zero-order chi connectivity index (χ0) is 24.0. The number of hydrogen-bond donors (Lipinski definition) is 1. The van der Waals surface area contributed by atoms with Crippen molar-refractivity contribution >= 4 is 34.4 Å². The first-order valence-electron chi connectivity index (χ1n) is 11.3. The van der Waals surface area contributed by atoms with Crippen molar-refractivity contribution < 1.29 is 23.8 Å². The fourth-order valence-corrected chi connectivity index (χ4v) is 5.42. The molecule has 1 aliphatic heterocycles. The quantitative estimate of drug-likeness (QED) is 0.542. The Morgan fingerprint density at radius 2 is 2.06 bits per heavy atom. The van der Waals surface area contributed by atoms with Crippen LogP contribution in [0.1, 0.15) is 26.2 Å². The number of carbonyl (C=O) groups is 2. The van der Waals surface area contributed by atoms with Crippen LogP contribution in [0.2, 0.25) is 5.02 Å². The fourth-order valence-electron chi connectivity index (χ4n) is 5.15. The molecule has 1 aliphatic carbocycles. The number of carbonyl (C=O) groups excluding carboxylic acids is 1. The van der Waals surface area contributed by atoms with E-state index in [1.54, 1.807) is 36.2 Å². The number of amides is 1. The first kappa shape index (κ1) is 22.6. The van der Waals surface area contributed by atoms with Crippen molar-refractivity contribution in [3.8, 4) is 16.9 Å². The molecule has 2 unspecified atom stereocenters. The summed E-state index contributed by atoms with van der Waals surface area (Å²) in [5.74, 6) is -1.17. The monoisotopic (exact) mass is 482 g/mol. The van der Waals surface area contributed by atoms with Gasteiger partial charge in [-0.15, -0.1) is 0 Å². The number of nitrogens with zero attached hydrogens (tertiary/aromatic N) is 2. The van der Waals surface area contributed by atoms with Gasteiger partial charge >= 0.3 is 5.97 Å². The Kier molecular flexibility index (Phi) is 5.68. The number of piperidine rings is 1. The van der Waals surface area contributed by atoms with Gasteiger partial charge in [0.25, 0.3) is 5.91 Å². The van der Waals surface area contributed by atoms with Gasteiger partial charge in [-0.3, -0.25) is 14.6 Å². The molecule has 0 radical (unpaired) electrons. The zero-order valence-corrected chi connectivity index (χ0v) is 19.4. The number of benzene rings is 2. The summed E-state index contributed by atoms with van der Waals surface area (Å²) in [5.41, 5.74) is 1.91. The molecular formula is C26H24ClFN2O4. The van der Waals surface area contributed by atoms with E-state index in [1.165, 1.54) is 12.1 Å². The summed E-state index contributed by atoms with van der Waals surface area (Å²) in [7, 11) is 0. The second kappa shape index (κ2) is 8.55. The van der Waals surface area contributed by atoms with Gasteiger partial charge in [0.2, 0.25) is 0 Å². The number of halogens is 2. The lowest BCUT2D eigenvalue weighted by molar-refractivity contribution is -0.143. The molecule has 176 valence electrons. The standard InChI is InChI=1S/C26H24ClFN2O4/c1-15(24(31)30-10-2-8-26(14-30)13-21(26)25(32)33)34-17-4-6-20-18(7-9-29-23(20)12-17)19-5-3-16(28)11-22(19)27/h3-7,9,11-12,15,21H,2,8,10,13-14H2,1H3,(H,32,33)/t15-,21?,26?/m1/s1. The van der Waals surface area contributed by atoms with Crippen LogP contribution in [0.5, 0.6) is 5.75 Å². The Labute approximate surface area is 201 Å². The molecule has 0 bridgehead atoms. The summed E-state index contributed by atoms with van der Waals surface area (Å²) in [6.07, 6.45) is 3.22. The average molecular weight is 483 g/mol. The lowest BCUT2D eigenvalue weighted by Gasteiger charge is -2.35. The van der Waals surface area contributed by atoms with Crippen LogP contribution >= 0.6 is 11.6 Å². The molecule has 5 rings (SSSR count). The number of aliphatic carboxylic acids is 1. The van der Waals surface area contributed by atoms with E-state index in [0.717, 1.165) is 23.8 Å². The molecule has 2 aromatic carbocycles. The third kappa shape index (κ3) is 4.09. The zero-order valence-electron chi connectivity index (χ0n) is 18.6. The number of fused-ring (bicyclic) bond motifs is 1. The molecule has 1 amide bonds. The topological polar surface area (TPSA) is 79.7 Å². The highest BCUT2D eigenvalue weighted by Gasteiger charge is 2.60. The maximum Gasteiger partial charge on any atom is 0.307 e. The molecule has 1 aromatic heterocycles. The van der Waals surface area contributed by atoms with Gasteiger partial charge in [0.05, 0.1) is 16.5 Å². The Bertz CT molecular complexity index is 1300. The molecule has 1 saturated heterocycles. The Hall–Kier alpha value is -3.19. The van der Waals surface area contributed by atoms with Crippen LogP contribution in [-0.2, 0) is 9.59 Å². The van der Waals surface area contributed by atoms with Gasteiger partial charge in [-0.1, -0.05) is 11.6 Å².